The summed E-state index contributed by atoms with van der Waals surface area (Å²) in [4.78, 5) is 21.6. The van der Waals surface area contributed by atoms with Crippen molar-refractivity contribution >= 4 is 28.5 Å². The molecule has 3 N–H and O–H groups in total. The number of aromatic nitrogens is 2. The summed E-state index contributed by atoms with van der Waals surface area (Å²) >= 11 is 6.17. The molecule has 3 aromatic rings. The van der Waals surface area contributed by atoms with Gasteiger partial charge < -0.3 is 15.6 Å². The summed E-state index contributed by atoms with van der Waals surface area (Å²) in [5.74, 6) is 1.20. The number of halogens is 1. The van der Waals surface area contributed by atoms with Gasteiger partial charge in [-0.2, -0.15) is 0 Å². The number of nitrogens with zero attached hydrogens (tertiary/aromatic N) is 1. The Labute approximate surface area is 188 Å². The van der Waals surface area contributed by atoms with Crippen LogP contribution < -0.4 is 10.6 Å². The zero-order valence-electron chi connectivity index (χ0n) is 17.7. The first-order valence-corrected chi connectivity index (χ1v) is 11.8. The summed E-state index contributed by atoms with van der Waals surface area (Å²) in [5, 5.41) is 7.45. The molecule has 1 aromatic heterocycles. The van der Waals surface area contributed by atoms with Crippen molar-refractivity contribution in [1.29, 1.82) is 0 Å². The zero-order valence-corrected chi connectivity index (χ0v) is 18.5. The molecule has 6 heteroatoms. The Morgan fingerprint density at radius 3 is 2.68 bits per heavy atom. The number of rotatable bonds is 4. The van der Waals surface area contributed by atoms with Crippen molar-refractivity contribution in [1.82, 2.24) is 20.6 Å². The summed E-state index contributed by atoms with van der Waals surface area (Å²) in [6.07, 6.45) is 7.88. The molecule has 0 radical (unpaired) electrons. The van der Waals surface area contributed by atoms with E-state index in [0.717, 1.165) is 61.2 Å². The van der Waals surface area contributed by atoms with Gasteiger partial charge in [-0.05, 0) is 86.1 Å². The van der Waals surface area contributed by atoms with Crippen molar-refractivity contribution in [2.45, 2.75) is 51.0 Å². The zero-order chi connectivity index (χ0) is 21.2. The highest BCUT2D eigenvalue weighted by atomic mass is 35.5. The van der Waals surface area contributed by atoms with E-state index in [2.05, 4.69) is 27.8 Å². The maximum Gasteiger partial charge on any atom is 0.251 e. The first-order valence-electron chi connectivity index (χ1n) is 11.5. The fourth-order valence-corrected chi connectivity index (χ4v) is 5.24. The quantitative estimate of drug-likeness (QED) is 0.541. The predicted octanol–water partition coefficient (Wildman–Crippen LogP) is 4.96. The lowest BCUT2D eigenvalue weighted by Gasteiger charge is -2.29. The first-order chi connectivity index (χ1) is 15.2. The highest BCUT2D eigenvalue weighted by Gasteiger charge is 2.29. The molecule has 5 rings (SSSR count). The lowest BCUT2D eigenvalue weighted by Crippen LogP contribution is -2.35. The molecule has 1 amide bonds. The number of aromatic amines is 1. The van der Waals surface area contributed by atoms with Crippen LogP contribution in [0.5, 0.6) is 0 Å². The summed E-state index contributed by atoms with van der Waals surface area (Å²) in [5.41, 5.74) is 5.16. The molecule has 2 heterocycles. The standard InChI is InChI=1S/C25H29ClN4O/c26-20-8-9-21-22(15-20)29-24(28-21)23(17-4-2-1-3-5-17)30-25(31)19-7-6-16-10-12-27-13-11-18(16)14-19/h6-9,14-15,17,23,27H,1-5,10-13H2,(H,28,29)(H,30,31). The van der Waals surface area contributed by atoms with Gasteiger partial charge in [-0.25, -0.2) is 4.98 Å². The molecule has 1 atom stereocenters. The SMILES string of the molecule is O=C(NC(c1nc2ccc(Cl)cc2[nH]1)C1CCCCC1)c1ccc2c(c1)CCNCC2. The minimum absolute atomic E-state index is 0.0194. The second-order valence-corrected chi connectivity index (χ2v) is 9.30. The maximum atomic E-state index is 13.3. The smallest absolute Gasteiger partial charge is 0.251 e. The number of amides is 1. The van der Waals surface area contributed by atoms with Crippen LogP contribution >= 0.6 is 11.6 Å². The lowest BCUT2D eigenvalue weighted by atomic mass is 9.83. The van der Waals surface area contributed by atoms with Gasteiger partial charge in [0, 0.05) is 10.6 Å². The molecule has 31 heavy (non-hydrogen) atoms. The van der Waals surface area contributed by atoms with E-state index in [4.69, 9.17) is 16.6 Å². The van der Waals surface area contributed by atoms with Gasteiger partial charge in [0.25, 0.3) is 5.91 Å². The van der Waals surface area contributed by atoms with Crippen molar-refractivity contribution < 1.29 is 4.79 Å². The van der Waals surface area contributed by atoms with Crippen LogP contribution in [0.3, 0.4) is 0 Å². The fourth-order valence-electron chi connectivity index (χ4n) is 5.07. The molecule has 162 valence electrons. The van der Waals surface area contributed by atoms with E-state index in [9.17, 15) is 4.79 Å². The van der Waals surface area contributed by atoms with Gasteiger partial charge in [0.2, 0.25) is 0 Å². The molecular weight excluding hydrogens is 408 g/mol. The molecule has 1 unspecified atom stereocenters. The molecule has 0 spiro atoms. The number of imidazole rings is 1. The van der Waals surface area contributed by atoms with Gasteiger partial charge in [0.15, 0.2) is 0 Å². The second kappa shape index (κ2) is 9.01. The predicted molar refractivity (Wildman–Crippen MR) is 125 cm³/mol. The Bertz CT molecular complexity index is 1090. The number of carbonyl (C=O) groups excluding carboxylic acids is 1. The summed E-state index contributed by atoms with van der Waals surface area (Å²) in [6.45, 7) is 1.96. The minimum atomic E-state index is -0.126. The Hall–Kier alpha value is -2.37. The van der Waals surface area contributed by atoms with E-state index < -0.39 is 0 Å². The lowest BCUT2D eigenvalue weighted by molar-refractivity contribution is 0.0909. The maximum absolute atomic E-state index is 13.3. The monoisotopic (exact) mass is 436 g/mol. The highest BCUT2D eigenvalue weighted by Crippen LogP contribution is 2.34. The van der Waals surface area contributed by atoms with E-state index >= 15 is 0 Å². The number of hydrogen-bond acceptors (Lipinski definition) is 3. The molecule has 1 saturated carbocycles. The molecule has 1 aliphatic heterocycles. The van der Waals surface area contributed by atoms with Crippen LogP contribution in [0, 0.1) is 5.92 Å². The van der Waals surface area contributed by atoms with E-state index in [1.165, 1.54) is 30.4 Å². The summed E-state index contributed by atoms with van der Waals surface area (Å²) < 4.78 is 0. The Balaban J connectivity index is 1.44. The van der Waals surface area contributed by atoms with Gasteiger partial charge in [-0.1, -0.05) is 36.9 Å². The van der Waals surface area contributed by atoms with Gasteiger partial charge >= 0.3 is 0 Å². The van der Waals surface area contributed by atoms with Crippen LogP contribution in [0.1, 0.15) is 65.5 Å². The van der Waals surface area contributed by atoms with E-state index in [1.807, 2.05) is 24.3 Å². The number of H-pyrrole nitrogens is 1. The van der Waals surface area contributed by atoms with Crippen LogP contribution in [0.2, 0.25) is 5.02 Å². The summed E-state index contributed by atoms with van der Waals surface area (Å²) in [6, 6.07) is 11.7. The Kier molecular flexibility index (Phi) is 5.97. The highest BCUT2D eigenvalue weighted by molar-refractivity contribution is 6.31. The number of carbonyl (C=O) groups is 1. The third-order valence-electron chi connectivity index (χ3n) is 6.78. The molecule has 0 bridgehead atoms. The molecular formula is C25H29ClN4O. The normalized spacial score (nSPS) is 18.4. The van der Waals surface area contributed by atoms with Crippen LogP contribution in [-0.2, 0) is 12.8 Å². The molecule has 1 aliphatic carbocycles. The molecule has 1 fully saturated rings. The van der Waals surface area contributed by atoms with Crippen molar-refractivity contribution in [2.75, 3.05) is 13.1 Å². The van der Waals surface area contributed by atoms with Crippen LogP contribution in [0.25, 0.3) is 11.0 Å². The van der Waals surface area contributed by atoms with Crippen molar-refractivity contribution in [3.05, 3.63) is 63.9 Å². The third-order valence-corrected chi connectivity index (χ3v) is 7.01. The van der Waals surface area contributed by atoms with E-state index in [0.29, 0.717) is 10.9 Å². The number of fused-ring (bicyclic) bond motifs is 2. The van der Waals surface area contributed by atoms with Gasteiger partial charge in [0.05, 0.1) is 17.1 Å². The minimum Gasteiger partial charge on any atom is -0.342 e. The Morgan fingerprint density at radius 1 is 1.03 bits per heavy atom. The first kappa shape index (κ1) is 20.5. The third kappa shape index (κ3) is 4.48. The van der Waals surface area contributed by atoms with Gasteiger partial charge in [0.1, 0.15) is 5.82 Å². The second-order valence-electron chi connectivity index (χ2n) is 8.87. The van der Waals surface area contributed by atoms with Gasteiger partial charge in [-0.15, -0.1) is 0 Å². The Morgan fingerprint density at radius 2 is 1.84 bits per heavy atom. The van der Waals surface area contributed by atoms with Gasteiger partial charge in [-0.3, -0.25) is 4.79 Å². The number of hydrogen-bond donors (Lipinski definition) is 3. The molecule has 2 aliphatic rings. The summed E-state index contributed by atoms with van der Waals surface area (Å²) in [7, 11) is 0. The van der Waals surface area contributed by atoms with Crippen LogP contribution in [0.15, 0.2) is 36.4 Å². The fraction of sp³-hybridized carbons (Fsp3) is 0.440. The van der Waals surface area contributed by atoms with Crippen molar-refractivity contribution in [2.24, 2.45) is 5.92 Å². The van der Waals surface area contributed by atoms with E-state index in [1.54, 1.807) is 0 Å². The largest absolute Gasteiger partial charge is 0.342 e. The average Bonchev–Trinajstić information content (AvgIpc) is 3.06. The van der Waals surface area contributed by atoms with E-state index in [-0.39, 0.29) is 11.9 Å². The number of nitrogens with one attached hydrogen (secondary N) is 3. The molecule has 5 nitrogen and oxygen atoms in total. The molecule has 0 saturated heterocycles. The van der Waals surface area contributed by atoms with Crippen molar-refractivity contribution in [3.8, 4) is 0 Å². The average molecular weight is 437 g/mol. The molecule has 2 aromatic carbocycles. The van der Waals surface area contributed by atoms with Crippen LogP contribution in [-0.4, -0.2) is 29.0 Å². The number of benzene rings is 2. The van der Waals surface area contributed by atoms with Crippen molar-refractivity contribution in [3.63, 3.8) is 0 Å². The van der Waals surface area contributed by atoms with Crippen LogP contribution in [0.4, 0.5) is 0 Å². The topological polar surface area (TPSA) is 69.8 Å².